The zero-order valence-corrected chi connectivity index (χ0v) is 17.8. The molecule has 2 N–H and O–H groups in total. The molecular weight excluding hydrogens is 378 g/mol. The number of piperidine rings is 1. The fourth-order valence-electron chi connectivity index (χ4n) is 4.21. The maximum absolute atomic E-state index is 12.9. The van der Waals surface area contributed by atoms with Gasteiger partial charge in [0.2, 0.25) is 5.91 Å². The van der Waals surface area contributed by atoms with Gasteiger partial charge in [-0.1, -0.05) is 18.5 Å². The van der Waals surface area contributed by atoms with Crippen molar-refractivity contribution in [3.63, 3.8) is 0 Å². The van der Waals surface area contributed by atoms with Crippen LogP contribution >= 0.6 is 11.6 Å². The van der Waals surface area contributed by atoms with E-state index in [-0.39, 0.29) is 29.7 Å². The van der Waals surface area contributed by atoms with Crippen LogP contribution in [-0.2, 0) is 9.53 Å². The van der Waals surface area contributed by atoms with Crippen LogP contribution in [0.4, 0.5) is 5.69 Å². The molecule has 2 saturated heterocycles. The zero-order chi connectivity index (χ0) is 20.4. The van der Waals surface area contributed by atoms with Crippen molar-refractivity contribution in [2.45, 2.75) is 46.2 Å². The van der Waals surface area contributed by atoms with Crippen LogP contribution in [-0.4, -0.2) is 50.2 Å². The molecule has 28 heavy (non-hydrogen) atoms. The highest BCUT2D eigenvalue weighted by Gasteiger charge is 2.33. The smallest absolute Gasteiger partial charge is 0.251 e. The van der Waals surface area contributed by atoms with E-state index in [9.17, 15) is 9.59 Å². The van der Waals surface area contributed by atoms with Crippen molar-refractivity contribution < 1.29 is 14.3 Å². The van der Waals surface area contributed by atoms with Crippen molar-refractivity contribution in [3.8, 4) is 0 Å². The molecule has 0 bridgehead atoms. The van der Waals surface area contributed by atoms with E-state index in [1.165, 1.54) is 0 Å². The van der Waals surface area contributed by atoms with Gasteiger partial charge in [0.15, 0.2) is 0 Å². The fraction of sp³-hybridized carbons (Fsp3) is 0.619. The summed E-state index contributed by atoms with van der Waals surface area (Å²) in [7, 11) is 0. The number of nitrogens with zero attached hydrogens (tertiary/aromatic N) is 1. The van der Waals surface area contributed by atoms with E-state index >= 15 is 0 Å². The number of hydrogen-bond acceptors (Lipinski definition) is 4. The molecule has 3 rings (SSSR count). The Hall–Kier alpha value is -1.79. The maximum atomic E-state index is 12.9. The molecule has 0 spiro atoms. The molecule has 0 radical (unpaired) electrons. The summed E-state index contributed by atoms with van der Waals surface area (Å²) in [6.45, 7) is 10.6. The quantitative estimate of drug-likeness (QED) is 0.760. The lowest BCUT2D eigenvalue weighted by molar-refractivity contribution is -0.129. The van der Waals surface area contributed by atoms with Crippen molar-refractivity contribution in [1.29, 1.82) is 0 Å². The molecule has 0 aromatic heterocycles. The molecule has 7 heteroatoms. The lowest BCUT2D eigenvalue weighted by Crippen LogP contribution is -2.50. The number of halogens is 1. The monoisotopic (exact) mass is 407 g/mol. The molecule has 2 aliphatic heterocycles. The summed E-state index contributed by atoms with van der Waals surface area (Å²) in [6, 6.07) is 4.11. The third-order valence-electron chi connectivity index (χ3n) is 5.92. The second kappa shape index (κ2) is 8.70. The summed E-state index contributed by atoms with van der Waals surface area (Å²) in [4.78, 5) is 27.4. The number of nitrogens with one attached hydrogen (secondary N) is 2. The van der Waals surface area contributed by atoms with E-state index < -0.39 is 0 Å². The van der Waals surface area contributed by atoms with Gasteiger partial charge in [0, 0.05) is 35.4 Å². The summed E-state index contributed by atoms with van der Waals surface area (Å²) >= 11 is 6.34. The first-order chi connectivity index (χ1) is 13.3. The number of amides is 2. The Morgan fingerprint density at radius 1 is 1.36 bits per heavy atom. The van der Waals surface area contributed by atoms with E-state index in [1.807, 2.05) is 19.9 Å². The van der Waals surface area contributed by atoms with Gasteiger partial charge in [-0.05, 0) is 50.8 Å². The van der Waals surface area contributed by atoms with Crippen LogP contribution in [0.1, 0.15) is 43.1 Å². The van der Waals surface area contributed by atoms with Gasteiger partial charge in [-0.15, -0.1) is 0 Å². The minimum Gasteiger partial charge on any atom is -0.377 e. The summed E-state index contributed by atoms with van der Waals surface area (Å²) in [6.07, 6.45) is 0.918. The van der Waals surface area contributed by atoms with Crippen LogP contribution in [0.25, 0.3) is 0 Å². The molecule has 6 nitrogen and oxygen atoms in total. The summed E-state index contributed by atoms with van der Waals surface area (Å²) in [5.41, 5.74) is 2.41. The van der Waals surface area contributed by atoms with Crippen molar-refractivity contribution in [2.24, 2.45) is 11.8 Å². The SMILES string of the molecule is CCN(c1cc(Cl)cc(C(=O)NCC2C(=O)NC(C)CC2C)c1C)C1COC1. The average molecular weight is 408 g/mol. The predicted octanol–water partition coefficient (Wildman–Crippen LogP) is 2.76. The van der Waals surface area contributed by atoms with Crippen molar-refractivity contribution >= 4 is 29.1 Å². The highest BCUT2D eigenvalue weighted by molar-refractivity contribution is 6.31. The Kier molecular flexibility index (Phi) is 6.50. The highest BCUT2D eigenvalue weighted by Crippen LogP contribution is 2.31. The van der Waals surface area contributed by atoms with Crippen LogP contribution in [0.15, 0.2) is 12.1 Å². The van der Waals surface area contributed by atoms with Crippen LogP contribution in [0.3, 0.4) is 0 Å². The van der Waals surface area contributed by atoms with Crippen molar-refractivity contribution in [1.82, 2.24) is 10.6 Å². The fourth-order valence-corrected chi connectivity index (χ4v) is 4.42. The topological polar surface area (TPSA) is 70.7 Å². The van der Waals surface area contributed by atoms with Gasteiger partial charge >= 0.3 is 0 Å². The molecule has 3 atom stereocenters. The lowest BCUT2D eigenvalue weighted by atomic mass is 9.84. The number of carbonyl (C=O) groups is 2. The normalized spacial score (nSPS) is 25.0. The molecule has 2 aliphatic rings. The molecule has 0 saturated carbocycles. The minimum absolute atomic E-state index is 0.0113. The summed E-state index contributed by atoms with van der Waals surface area (Å²) in [5, 5.41) is 6.45. The third-order valence-corrected chi connectivity index (χ3v) is 6.14. The predicted molar refractivity (Wildman–Crippen MR) is 111 cm³/mol. The van der Waals surface area contributed by atoms with Gasteiger partial charge in [0.05, 0.1) is 25.2 Å². The first-order valence-electron chi connectivity index (χ1n) is 10.0. The van der Waals surface area contributed by atoms with E-state index in [1.54, 1.807) is 6.07 Å². The van der Waals surface area contributed by atoms with Gasteiger partial charge in [0.1, 0.15) is 0 Å². The van der Waals surface area contributed by atoms with Crippen molar-refractivity contribution in [2.75, 3.05) is 31.2 Å². The standard InChI is InChI=1S/C21H30ClN3O3/c1-5-25(16-10-28-11-16)19-8-15(22)7-17(14(19)4)20(26)23-9-18-12(2)6-13(3)24-21(18)27/h7-8,12-13,16,18H,5-6,9-11H2,1-4H3,(H,23,26)(H,24,27). The van der Waals surface area contributed by atoms with Crippen LogP contribution in [0, 0.1) is 18.8 Å². The number of hydrogen-bond donors (Lipinski definition) is 2. The molecule has 1 aromatic rings. The van der Waals surface area contributed by atoms with Gasteiger partial charge < -0.3 is 20.3 Å². The molecule has 154 valence electrons. The molecule has 2 amide bonds. The van der Waals surface area contributed by atoms with E-state index in [2.05, 4.69) is 29.4 Å². The largest absolute Gasteiger partial charge is 0.377 e. The number of rotatable bonds is 6. The second-order valence-corrected chi connectivity index (χ2v) is 8.45. The van der Waals surface area contributed by atoms with Gasteiger partial charge in [0.25, 0.3) is 5.91 Å². The van der Waals surface area contributed by atoms with Gasteiger partial charge in [-0.3, -0.25) is 9.59 Å². The first-order valence-corrected chi connectivity index (χ1v) is 10.4. The Bertz CT molecular complexity index is 751. The summed E-state index contributed by atoms with van der Waals surface area (Å²) in [5.74, 6) is -0.161. The average Bonchev–Trinajstić information content (AvgIpc) is 2.58. The molecule has 2 fully saturated rings. The molecule has 2 heterocycles. The molecule has 3 unspecified atom stereocenters. The molecular formula is C21H30ClN3O3. The first kappa shape index (κ1) is 20.9. The van der Waals surface area contributed by atoms with Crippen LogP contribution < -0.4 is 15.5 Å². The Morgan fingerprint density at radius 3 is 2.64 bits per heavy atom. The number of ether oxygens (including phenoxy) is 1. The Balaban J connectivity index is 1.75. The highest BCUT2D eigenvalue weighted by atomic mass is 35.5. The summed E-state index contributed by atoms with van der Waals surface area (Å²) < 4.78 is 5.33. The third kappa shape index (κ3) is 4.28. The zero-order valence-electron chi connectivity index (χ0n) is 17.0. The molecule has 1 aromatic carbocycles. The minimum atomic E-state index is -0.210. The number of carbonyl (C=O) groups excluding carboxylic acids is 2. The van der Waals surface area contributed by atoms with Crippen molar-refractivity contribution in [3.05, 3.63) is 28.3 Å². The molecule has 0 aliphatic carbocycles. The van der Waals surface area contributed by atoms with E-state index in [0.717, 1.165) is 24.2 Å². The van der Waals surface area contributed by atoms with E-state index in [4.69, 9.17) is 16.3 Å². The number of anilines is 1. The van der Waals surface area contributed by atoms with Gasteiger partial charge in [-0.25, -0.2) is 0 Å². The van der Waals surface area contributed by atoms with Gasteiger partial charge in [-0.2, -0.15) is 0 Å². The maximum Gasteiger partial charge on any atom is 0.251 e. The lowest BCUT2D eigenvalue weighted by Gasteiger charge is -2.39. The number of likely N-dealkylation sites (N-methyl/N-ethyl adjacent to an activating group) is 1. The Labute approximate surface area is 171 Å². The second-order valence-electron chi connectivity index (χ2n) is 8.01. The van der Waals surface area contributed by atoms with Crippen LogP contribution in [0.5, 0.6) is 0 Å². The number of benzene rings is 1. The van der Waals surface area contributed by atoms with E-state index in [0.29, 0.717) is 36.4 Å². The van der Waals surface area contributed by atoms with Crippen LogP contribution in [0.2, 0.25) is 5.02 Å². The Morgan fingerprint density at radius 2 is 2.07 bits per heavy atom.